The van der Waals surface area contributed by atoms with E-state index in [1.54, 1.807) is 0 Å². The Morgan fingerprint density at radius 1 is 1.20 bits per heavy atom. The molecule has 4 heteroatoms. The average Bonchev–Trinajstić information content (AvgIpc) is 2.48. The summed E-state index contributed by atoms with van der Waals surface area (Å²) in [4.78, 5) is 11.3. The standard InChI is InChI=1S/C16H20N4/c1-12-8-18-16(19-9-12)20-11-14-6-4-3-5-13(14)7-15(20)10-17-2/h3-6,8-9,15,17H,7,10-11H2,1-2H3. The molecule has 3 rings (SSSR count). The minimum atomic E-state index is 0.401. The third-order valence-corrected chi connectivity index (χ3v) is 3.82. The zero-order valence-electron chi connectivity index (χ0n) is 12.0. The third-order valence-electron chi connectivity index (χ3n) is 3.82. The van der Waals surface area contributed by atoms with E-state index < -0.39 is 0 Å². The van der Waals surface area contributed by atoms with Crippen LogP contribution in [-0.2, 0) is 13.0 Å². The molecule has 104 valence electrons. The van der Waals surface area contributed by atoms with E-state index in [1.165, 1.54) is 11.1 Å². The van der Waals surface area contributed by atoms with Crippen molar-refractivity contribution >= 4 is 5.95 Å². The number of hydrogen-bond acceptors (Lipinski definition) is 4. The van der Waals surface area contributed by atoms with Crippen molar-refractivity contribution in [1.82, 2.24) is 15.3 Å². The van der Waals surface area contributed by atoms with E-state index in [0.29, 0.717) is 6.04 Å². The monoisotopic (exact) mass is 268 g/mol. The lowest BCUT2D eigenvalue weighted by atomic mass is 9.94. The molecule has 1 aliphatic rings. The lowest BCUT2D eigenvalue weighted by Gasteiger charge is -2.37. The van der Waals surface area contributed by atoms with E-state index in [0.717, 1.165) is 31.0 Å². The van der Waals surface area contributed by atoms with Gasteiger partial charge in [0.2, 0.25) is 5.95 Å². The molecule has 1 aromatic heterocycles. The molecule has 4 nitrogen and oxygen atoms in total. The summed E-state index contributed by atoms with van der Waals surface area (Å²) in [5.74, 6) is 0.824. The molecule has 20 heavy (non-hydrogen) atoms. The lowest BCUT2D eigenvalue weighted by Crippen LogP contribution is -2.46. The van der Waals surface area contributed by atoms with Gasteiger partial charge in [-0.05, 0) is 37.1 Å². The van der Waals surface area contributed by atoms with Crippen LogP contribution < -0.4 is 10.2 Å². The van der Waals surface area contributed by atoms with Crippen LogP contribution in [0.1, 0.15) is 16.7 Å². The fourth-order valence-corrected chi connectivity index (χ4v) is 2.77. The Labute approximate surface area is 119 Å². The molecule has 2 heterocycles. The number of likely N-dealkylation sites (N-methyl/N-ethyl adjacent to an activating group) is 1. The van der Waals surface area contributed by atoms with Crippen molar-refractivity contribution in [3.8, 4) is 0 Å². The highest BCUT2D eigenvalue weighted by molar-refractivity contribution is 5.42. The fourth-order valence-electron chi connectivity index (χ4n) is 2.77. The van der Waals surface area contributed by atoms with Gasteiger partial charge in [-0.1, -0.05) is 24.3 Å². The number of nitrogens with one attached hydrogen (secondary N) is 1. The Kier molecular flexibility index (Phi) is 3.65. The van der Waals surface area contributed by atoms with Crippen molar-refractivity contribution in [3.63, 3.8) is 0 Å². The molecule has 1 aromatic carbocycles. The van der Waals surface area contributed by atoms with Crippen molar-refractivity contribution in [3.05, 3.63) is 53.3 Å². The maximum absolute atomic E-state index is 4.49. The summed E-state index contributed by atoms with van der Waals surface area (Å²) in [7, 11) is 1.99. The van der Waals surface area contributed by atoms with Gasteiger partial charge in [-0.15, -0.1) is 0 Å². The number of rotatable bonds is 3. The fraction of sp³-hybridized carbons (Fsp3) is 0.375. The number of nitrogens with zero attached hydrogens (tertiary/aromatic N) is 3. The molecule has 0 fully saturated rings. The van der Waals surface area contributed by atoms with Gasteiger partial charge < -0.3 is 10.2 Å². The highest BCUT2D eigenvalue weighted by Crippen LogP contribution is 2.25. The van der Waals surface area contributed by atoms with Crippen LogP contribution in [0, 0.1) is 6.92 Å². The Morgan fingerprint density at radius 2 is 1.90 bits per heavy atom. The van der Waals surface area contributed by atoms with Gasteiger partial charge in [-0.2, -0.15) is 0 Å². The van der Waals surface area contributed by atoms with E-state index in [4.69, 9.17) is 0 Å². The van der Waals surface area contributed by atoms with Crippen molar-refractivity contribution in [2.45, 2.75) is 25.9 Å². The van der Waals surface area contributed by atoms with Crippen LogP contribution in [0.25, 0.3) is 0 Å². The molecule has 0 amide bonds. The predicted molar refractivity (Wildman–Crippen MR) is 80.8 cm³/mol. The molecule has 0 radical (unpaired) electrons. The number of anilines is 1. The summed E-state index contributed by atoms with van der Waals surface area (Å²) < 4.78 is 0. The number of fused-ring (bicyclic) bond motifs is 1. The van der Waals surface area contributed by atoms with Gasteiger partial charge in [-0.3, -0.25) is 0 Å². The molecule has 2 aromatic rings. The normalized spacial score (nSPS) is 17.9. The smallest absolute Gasteiger partial charge is 0.225 e. The van der Waals surface area contributed by atoms with E-state index in [9.17, 15) is 0 Å². The summed E-state index contributed by atoms with van der Waals surface area (Å²) in [5, 5.41) is 3.28. The molecule has 0 bridgehead atoms. The van der Waals surface area contributed by atoms with Crippen LogP contribution in [0.3, 0.4) is 0 Å². The quantitative estimate of drug-likeness (QED) is 0.923. The number of hydrogen-bond donors (Lipinski definition) is 1. The van der Waals surface area contributed by atoms with Crippen LogP contribution in [0.2, 0.25) is 0 Å². The zero-order chi connectivity index (χ0) is 13.9. The molecule has 1 atom stereocenters. The summed E-state index contributed by atoms with van der Waals surface area (Å²) >= 11 is 0. The Morgan fingerprint density at radius 3 is 2.60 bits per heavy atom. The molecule has 0 aliphatic carbocycles. The summed E-state index contributed by atoms with van der Waals surface area (Å²) in [6.07, 6.45) is 4.81. The lowest BCUT2D eigenvalue weighted by molar-refractivity contribution is 0.518. The van der Waals surface area contributed by atoms with Crippen LogP contribution in [-0.4, -0.2) is 29.6 Å². The van der Waals surface area contributed by atoms with Crippen molar-refractivity contribution in [2.75, 3.05) is 18.5 Å². The minimum Gasteiger partial charge on any atom is -0.332 e. The van der Waals surface area contributed by atoms with Gasteiger partial charge in [-0.25, -0.2) is 9.97 Å². The Bertz CT molecular complexity index is 579. The number of aryl methyl sites for hydroxylation is 1. The van der Waals surface area contributed by atoms with Crippen LogP contribution in [0.5, 0.6) is 0 Å². The van der Waals surface area contributed by atoms with Gasteiger partial charge in [0.05, 0.1) is 0 Å². The average molecular weight is 268 g/mol. The highest BCUT2D eigenvalue weighted by atomic mass is 15.3. The van der Waals surface area contributed by atoms with Crippen LogP contribution in [0.15, 0.2) is 36.7 Å². The molecule has 0 saturated heterocycles. The number of benzene rings is 1. The molecule has 1 aliphatic heterocycles. The largest absolute Gasteiger partial charge is 0.332 e. The third kappa shape index (κ3) is 2.51. The van der Waals surface area contributed by atoms with Crippen LogP contribution >= 0.6 is 0 Å². The van der Waals surface area contributed by atoms with Gasteiger partial charge in [0, 0.05) is 31.5 Å². The van der Waals surface area contributed by atoms with E-state index >= 15 is 0 Å². The van der Waals surface area contributed by atoms with Gasteiger partial charge in [0.25, 0.3) is 0 Å². The second kappa shape index (κ2) is 5.59. The molecule has 0 spiro atoms. The number of aromatic nitrogens is 2. The Hall–Kier alpha value is -1.94. The molecule has 0 saturated carbocycles. The molecule has 1 N–H and O–H groups in total. The first-order valence-corrected chi connectivity index (χ1v) is 7.04. The molecule has 1 unspecified atom stereocenters. The topological polar surface area (TPSA) is 41.0 Å². The van der Waals surface area contributed by atoms with E-state index in [-0.39, 0.29) is 0 Å². The van der Waals surface area contributed by atoms with Gasteiger partial charge >= 0.3 is 0 Å². The van der Waals surface area contributed by atoms with E-state index in [1.807, 2.05) is 26.4 Å². The predicted octanol–water partition coefficient (Wildman–Crippen LogP) is 1.94. The van der Waals surface area contributed by atoms with Crippen molar-refractivity contribution in [1.29, 1.82) is 0 Å². The van der Waals surface area contributed by atoms with Gasteiger partial charge in [0.1, 0.15) is 0 Å². The second-order valence-electron chi connectivity index (χ2n) is 5.37. The molecular weight excluding hydrogens is 248 g/mol. The molecular formula is C16H20N4. The van der Waals surface area contributed by atoms with Crippen LogP contribution in [0.4, 0.5) is 5.95 Å². The highest BCUT2D eigenvalue weighted by Gasteiger charge is 2.27. The Balaban J connectivity index is 1.93. The summed E-state index contributed by atoms with van der Waals surface area (Å²) in [5.41, 5.74) is 3.91. The van der Waals surface area contributed by atoms with Gasteiger partial charge in [0.15, 0.2) is 0 Å². The summed E-state index contributed by atoms with van der Waals surface area (Å²) in [6, 6.07) is 9.05. The van der Waals surface area contributed by atoms with Crippen molar-refractivity contribution < 1.29 is 0 Å². The minimum absolute atomic E-state index is 0.401. The maximum Gasteiger partial charge on any atom is 0.225 e. The SMILES string of the molecule is CNCC1Cc2ccccc2CN1c1ncc(C)cn1. The maximum atomic E-state index is 4.49. The first kappa shape index (κ1) is 13.1. The van der Waals surface area contributed by atoms with E-state index in [2.05, 4.69) is 44.5 Å². The first-order chi connectivity index (χ1) is 9.78. The summed E-state index contributed by atoms with van der Waals surface area (Å²) in [6.45, 7) is 3.83. The van der Waals surface area contributed by atoms with Crippen molar-refractivity contribution in [2.24, 2.45) is 0 Å². The first-order valence-electron chi connectivity index (χ1n) is 7.04. The second-order valence-corrected chi connectivity index (χ2v) is 5.37. The zero-order valence-corrected chi connectivity index (χ0v) is 12.0.